The monoisotopic (exact) mass is 260 g/mol. The standard InChI is InChI=1S/C10H10BrClO/c1-6(2)7-3-4-9(11)8(5-13)10(7)12/h3-6H,1-2H3. The van der Waals surface area contributed by atoms with Gasteiger partial charge < -0.3 is 0 Å². The van der Waals surface area contributed by atoms with E-state index in [1.807, 2.05) is 26.0 Å². The minimum absolute atomic E-state index is 0.333. The highest BCUT2D eigenvalue weighted by Crippen LogP contribution is 2.31. The van der Waals surface area contributed by atoms with E-state index in [0.29, 0.717) is 16.5 Å². The van der Waals surface area contributed by atoms with Gasteiger partial charge in [-0.05, 0) is 17.5 Å². The van der Waals surface area contributed by atoms with Gasteiger partial charge in [0, 0.05) is 10.0 Å². The lowest BCUT2D eigenvalue weighted by Gasteiger charge is -2.10. The topological polar surface area (TPSA) is 17.1 Å². The minimum Gasteiger partial charge on any atom is -0.298 e. The summed E-state index contributed by atoms with van der Waals surface area (Å²) in [5.74, 6) is 0.333. The van der Waals surface area contributed by atoms with E-state index >= 15 is 0 Å². The molecule has 0 saturated carbocycles. The van der Waals surface area contributed by atoms with Gasteiger partial charge in [0.15, 0.2) is 6.29 Å². The maximum Gasteiger partial charge on any atom is 0.152 e. The predicted molar refractivity (Wildman–Crippen MR) is 58.6 cm³/mol. The van der Waals surface area contributed by atoms with Gasteiger partial charge in [-0.25, -0.2) is 0 Å². The highest BCUT2D eigenvalue weighted by Gasteiger charge is 2.11. The molecule has 0 unspecified atom stereocenters. The third-order valence-corrected chi connectivity index (χ3v) is 3.01. The summed E-state index contributed by atoms with van der Waals surface area (Å²) in [6.45, 7) is 4.09. The first-order chi connectivity index (χ1) is 6.07. The fourth-order valence-corrected chi connectivity index (χ4v) is 2.11. The Morgan fingerprint density at radius 3 is 2.54 bits per heavy atom. The Kier molecular flexibility index (Phi) is 3.51. The number of rotatable bonds is 2. The number of carbonyl (C=O) groups excluding carboxylic acids is 1. The minimum atomic E-state index is 0.333. The van der Waals surface area contributed by atoms with E-state index in [0.717, 1.165) is 16.3 Å². The quantitative estimate of drug-likeness (QED) is 0.734. The van der Waals surface area contributed by atoms with Gasteiger partial charge in [0.2, 0.25) is 0 Å². The number of aldehydes is 1. The van der Waals surface area contributed by atoms with E-state index in [4.69, 9.17) is 11.6 Å². The van der Waals surface area contributed by atoms with Gasteiger partial charge in [0.05, 0.1) is 5.02 Å². The summed E-state index contributed by atoms with van der Waals surface area (Å²) in [4.78, 5) is 10.7. The Balaban J connectivity index is 3.35. The van der Waals surface area contributed by atoms with Crippen molar-refractivity contribution in [3.8, 4) is 0 Å². The van der Waals surface area contributed by atoms with Crippen molar-refractivity contribution in [2.45, 2.75) is 19.8 Å². The molecule has 1 rings (SSSR count). The fourth-order valence-electron chi connectivity index (χ4n) is 1.14. The van der Waals surface area contributed by atoms with Crippen molar-refractivity contribution in [2.75, 3.05) is 0 Å². The highest BCUT2D eigenvalue weighted by molar-refractivity contribution is 9.10. The van der Waals surface area contributed by atoms with Crippen LogP contribution in [0.2, 0.25) is 5.02 Å². The first-order valence-electron chi connectivity index (χ1n) is 4.01. The smallest absolute Gasteiger partial charge is 0.152 e. The molecule has 1 aromatic carbocycles. The van der Waals surface area contributed by atoms with Crippen LogP contribution in [0.3, 0.4) is 0 Å². The third kappa shape index (κ3) is 2.12. The first kappa shape index (κ1) is 10.7. The molecular weight excluding hydrogens is 251 g/mol. The number of carbonyl (C=O) groups is 1. The molecule has 0 fully saturated rings. The van der Waals surface area contributed by atoms with E-state index < -0.39 is 0 Å². The van der Waals surface area contributed by atoms with Gasteiger partial charge in [0.1, 0.15) is 0 Å². The molecule has 0 saturated heterocycles. The summed E-state index contributed by atoms with van der Waals surface area (Å²) >= 11 is 9.32. The van der Waals surface area contributed by atoms with E-state index in [2.05, 4.69) is 15.9 Å². The zero-order valence-electron chi connectivity index (χ0n) is 7.47. The summed E-state index contributed by atoms with van der Waals surface area (Å²) < 4.78 is 0.747. The van der Waals surface area contributed by atoms with E-state index in [1.54, 1.807) is 0 Å². The predicted octanol–water partition coefficient (Wildman–Crippen LogP) is 4.04. The molecule has 0 heterocycles. The molecule has 0 N–H and O–H groups in total. The fraction of sp³-hybridized carbons (Fsp3) is 0.300. The van der Waals surface area contributed by atoms with Gasteiger partial charge >= 0.3 is 0 Å². The highest BCUT2D eigenvalue weighted by atomic mass is 79.9. The van der Waals surface area contributed by atoms with Gasteiger partial charge in [-0.15, -0.1) is 0 Å². The molecule has 0 aliphatic carbocycles. The molecule has 0 amide bonds. The third-order valence-electron chi connectivity index (χ3n) is 1.90. The average molecular weight is 262 g/mol. The summed E-state index contributed by atoms with van der Waals surface area (Å²) in [5.41, 5.74) is 1.54. The molecule has 0 radical (unpaired) electrons. The zero-order valence-corrected chi connectivity index (χ0v) is 9.82. The van der Waals surface area contributed by atoms with Crippen molar-refractivity contribution in [2.24, 2.45) is 0 Å². The van der Waals surface area contributed by atoms with Crippen LogP contribution in [0.15, 0.2) is 16.6 Å². The molecule has 3 heteroatoms. The first-order valence-corrected chi connectivity index (χ1v) is 5.18. The molecule has 1 aromatic rings. The average Bonchev–Trinajstić information content (AvgIpc) is 2.04. The Bertz CT molecular complexity index is 334. The van der Waals surface area contributed by atoms with Crippen LogP contribution >= 0.6 is 27.5 Å². The molecule has 0 atom stereocenters. The summed E-state index contributed by atoms with van der Waals surface area (Å²) in [6.07, 6.45) is 0.776. The second kappa shape index (κ2) is 4.25. The SMILES string of the molecule is CC(C)c1ccc(Br)c(C=O)c1Cl. The number of benzene rings is 1. The van der Waals surface area contributed by atoms with Crippen molar-refractivity contribution in [1.82, 2.24) is 0 Å². The van der Waals surface area contributed by atoms with Gasteiger partial charge in [-0.1, -0.05) is 47.4 Å². The Morgan fingerprint density at radius 1 is 1.46 bits per heavy atom. The molecule has 13 heavy (non-hydrogen) atoms. The Morgan fingerprint density at radius 2 is 2.08 bits per heavy atom. The lowest BCUT2D eigenvalue weighted by molar-refractivity contribution is 0.112. The Labute approximate surface area is 91.2 Å². The van der Waals surface area contributed by atoms with Gasteiger partial charge in [-0.2, -0.15) is 0 Å². The summed E-state index contributed by atoms with van der Waals surface area (Å²) in [5, 5.41) is 0.555. The second-order valence-corrected chi connectivity index (χ2v) is 4.37. The molecule has 0 aliphatic heterocycles. The number of hydrogen-bond acceptors (Lipinski definition) is 1. The Hall–Kier alpha value is -0.340. The second-order valence-electron chi connectivity index (χ2n) is 3.14. The maximum absolute atomic E-state index is 10.7. The van der Waals surface area contributed by atoms with Gasteiger partial charge in [-0.3, -0.25) is 4.79 Å². The molecule has 70 valence electrons. The van der Waals surface area contributed by atoms with Crippen molar-refractivity contribution in [3.63, 3.8) is 0 Å². The summed E-state index contributed by atoms with van der Waals surface area (Å²) in [7, 11) is 0. The van der Waals surface area contributed by atoms with Crippen LogP contribution < -0.4 is 0 Å². The van der Waals surface area contributed by atoms with Crippen LogP contribution in [0.25, 0.3) is 0 Å². The van der Waals surface area contributed by atoms with Crippen LogP contribution in [0.1, 0.15) is 35.7 Å². The number of halogens is 2. The summed E-state index contributed by atoms with van der Waals surface area (Å²) in [6, 6.07) is 3.79. The molecule has 0 aromatic heterocycles. The van der Waals surface area contributed by atoms with E-state index in [1.165, 1.54) is 0 Å². The van der Waals surface area contributed by atoms with Crippen LogP contribution in [-0.2, 0) is 0 Å². The van der Waals surface area contributed by atoms with Crippen LogP contribution in [-0.4, -0.2) is 6.29 Å². The van der Waals surface area contributed by atoms with Crippen LogP contribution in [0, 0.1) is 0 Å². The largest absolute Gasteiger partial charge is 0.298 e. The van der Waals surface area contributed by atoms with Crippen molar-refractivity contribution in [3.05, 3.63) is 32.8 Å². The normalized spacial score (nSPS) is 10.5. The molecular formula is C10H10BrClO. The van der Waals surface area contributed by atoms with Crippen molar-refractivity contribution >= 4 is 33.8 Å². The lowest BCUT2D eigenvalue weighted by atomic mass is 10.0. The van der Waals surface area contributed by atoms with Gasteiger partial charge in [0.25, 0.3) is 0 Å². The van der Waals surface area contributed by atoms with Crippen LogP contribution in [0.4, 0.5) is 0 Å². The molecule has 0 bridgehead atoms. The molecule has 0 spiro atoms. The zero-order chi connectivity index (χ0) is 10.0. The molecule has 1 nitrogen and oxygen atoms in total. The molecule has 0 aliphatic rings. The maximum atomic E-state index is 10.7. The number of hydrogen-bond donors (Lipinski definition) is 0. The van der Waals surface area contributed by atoms with E-state index in [9.17, 15) is 4.79 Å². The van der Waals surface area contributed by atoms with Crippen molar-refractivity contribution < 1.29 is 4.79 Å². The van der Waals surface area contributed by atoms with Crippen molar-refractivity contribution in [1.29, 1.82) is 0 Å². The van der Waals surface area contributed by atoms with Crippen LogP contribution in [0.5, 0.6) is 0 Å². The lowest BCUT2D eigenvalue weighted by Crippen LogP contribution is -1.94. The van der Waals surface area contributed by atoms with E-state index in [-0.39, 0.29) is 0 Å².